The van der Waals surface area contributed by atoms with E-state index in [0.29, 0.717) is 17.4 Å². The number of nitrogens with zero attached hydrogens (tertiary/aromatic N) is 1. The van der Waals surface area contributed by atoms with Gasteiger partial charge in [-0.3, -0.25) is 0 Å². The molecule has 114 valence electrons. The minimum absolute atomic E-state index is 0.0454. The number of sulfonamides is 1. The van der Waals surface area contributed by atoms with E-state index < -0.39 is 10.0 Å². The minimum Gasteiger partial charge on any atom is -0.377 e. The number of hydrogen-bond acceptors (Lipinski definition) is 5. The first-order chi connectivity index (χ1) is 9.46. The van der Waals surface area contributed by atoms with Crippen molar-refractivity contribution in [2.45, 2.75) is 43.2 Å². The molecular weight excluding hydrogens is 296 g/mol. The molecule has 0 saturated carbocycles. The van der Waals surface area contributed by atoms with Crippen LogP contribution in [-0.2, 0) is 21.3 Å². The number of nitrogens with one attached hydrogen (secondary N) is 1. The highest BCUT2D eigenvalue weighted by Crippen LogP contribution is 2.28. The highest BCUT2D eigenvalue weighted by Gasteiger charge is 2.35. The van der Waals surface area contributed by atoms with Crippen molar-refractivity contribution in [2.75, 3.05) is 20.2 Å². The summed E-state index contributed by atoms with van der Waals surface area (Å²) in [6, 6.07) is 3.51. The highest BCUT2D eigenvalue weighted by molar-refractivity contribution is 7.91. The van der Waals surface area contributed by atoms with Gasteiger partial charge in [0.05, 0.1) is 12.1 Å². The third kappa shape index (κ3) is 3.23. The Bertz CT molecular complexity index is 542. The largest absolute Gasteiger partial charge is 0.377 e. The molecule has 1 N–H and O–H groups in total. The van der Waals surface area contributed by atoms with Crippen LogP contribution in [0.2, 0.25) is 0 Å². The Balaban J connectivity index is 2.15. The second-order valence-corrected chi connectivity index (χ2v) is 8.35. The topological polar surface area (TPSA) is 58.6 Å². The van der Waals surface area contributed by atoms with Crippen molar-refractivity contribution in [3.63, 3.8) is 0 Å². The molecule has 0 bridgehead atoms. The molecule has 7 heteroatoms. The summed E-state index contributed by atoms with van der Waals surface area (Å²) in [6.07, 6.45) is 0.711. The minimum atomic E-state index is -3.42. The molecular formula is C13H22N2O3S2. The molecule has 0 aromatic carbocycles. The van der Waals surface area contributed by atoms with E-state index in [0.717, 1.165) is 17.8 Å². The molecule has 1 aromatic rings. The van der Waals surface area contributed by atoms with Crippen molar-refractivity contribution >= 4 is 21.4 Å². The van der Waals surface area contributed by atoms with Gasteiger partial charge in [-0.15, -0.1) is 11.3 Å². The van der Waals surface area contributed by atoms with Crippen LogP contribution in [0.15, 0.2) is 16.3 Å². The predicted molar refractivity (Wildman–Crippen MR) is 80.5 cm³/mol. The fourth-order valence-electron chi connectivity index (χ4n) is 2.36. The van der Waals surface area contributed by atoms with Crippen LogP contribution in [0.1, 0.15) is 25.1 Å². The lowest BCUT2D eigenvalue weighted by molar-refractivity contribution is 0.102. The van der Waals surface area contributed by atoms with Crippen LogP contribution in [-0.4, -0.2) is 45.1 Å². The number of ether oxygens (including phenoxy) is 1. The van der Waals surface area contributed by atoms with Crippen LogP contribution in [0, 0.1) is 0 Å². The summed E-state index contributed by atoms with van der Waals surface area (Å²) in [5, 5.41) is 3.20. The molecule has 0 radical (unpaired) electrons. The second-order valence-electron chi connectivity index (χ2n) is 4.95. The Kier molecular flexibility index (Phi) is 5.19. The maximum atomic E-state index is 12.6. The first-order valence-electron chi connectivity index (χ1n) is 6.86. The van der Waals surface area contributed by atoms with E-state index in [9.17, 15) is 8.42 Å². The Morgan fingerprint density at radius 2 is 2.25 bits per heavy atom. The van der Waals surface area contributed by atoms with E-state index in [2.05, 4.69) is 5.32 Å². The Morgan fingerprint density at radius 3 is 2.85 bits per heavy atom. The Hall–Kier alpha value is -0.470. The summed E-state index contributed by atoms with van der Waals surface area (Å²) in [6.45, 7) is 6.16. The predicted octanol–water partition coefficient (Wildman–Crippen LogP) is 1.66. The van der Waals surface area contributed by atoms with Gasteiger partial charge >= 0.3 is 0 Å². The van der Waals surface area contributed by atoms with Gasteiger partial charge < -0.3 is 10.1 Å². The Morgan fingerprint density at radius 1 is 1.50 bits per heavy atom. The average Bonchev–Trinajstić information content (AvgIpc) is 3.04. The van der Waals surface area contributed by atoms with E-state index in [1.54, 1.807) is 13.1 Å². The summed E-state index contributed by atoms with van der Waals surface area (Å²) < 4.78 is 32.6. The fourth-order valence-corrected chi connectivity index (χ4v) is 5.32. The molecule has 0 amide bonds. The molecule has 0 spiro atoms. The van der Waals surface area contributed by atoms with Crippen LogP contribution >= 0.6 is 11.3 Å². The summed E-state index contributed by atoms with van der Waals surface area (Å²) in [5.41, 5.74) is 0. The lowest BCUT2D eigenvalue weighted by Gasteiger charge is -2.25. The van der Waals surface area contributed by atoms with Crippen molar-refractivity contribution in [1.82, 2.24) is 9.62 Å². The number of thiophene rings is 1. The maximum Gasteiger partial charge on any atom is 0.252 e. The van der Waals surface area contributed by atoms with Crippen molar-refractivity contribution in [1.29, 1.82) is 0 Å². The van der Waals surface area contributed by atoms with Crippen LogP contribution in [0.25, 0.3) is 0 Å². The molecule has 1 aromatic heterocycles. The highest BCUT2D eigenvalue weighted by atomic mass is 32.2. The van der Waals surface area contributed by atoms with Crippen LogP contribution in [0.4, 0.5) is 0 Å². The maximum absolute atomic E-state index is 12.6. The van der Waals surface area contributed by atoms with Gasteiger partial charge in [0.25, 0.3) is 10.0 Å². The van der Waals surface area contributed by atoms with Gasteiger partial charge in [-0.25, -0.2) is 8.42 Å². The zero-order valence-electron chi connectivity index (χ0n) is 12.1. The third-order valence-electron chi connectivity index (χ3n) is 3.62. The van der Waals surface area contributed by atoms with Crippen LogP contribution < -0.4 is 5.32 Å². The van der Waals surface area contributed by atoms with Crippen molar-refractivity contribution < 1.29 is 13.2 Å². The molecule has 2 rings (SSSR count). The molecule has 20 heavy (non-hydrogen) atoms. The van der Waals surface area contributed by atoms with Crippen LogP contribution in [0.3, 0.4) is 0 Å². The summed E-state index contributed by atoms with van der Waals surface area (Å²) in [5.74, 6) is 0. The van der Waals surface area contributed by atoms with Gasteiger partial charge in [0, 0.05) is 25.1 Å². The van der Waals surface area contributed by atoms with E-state index in [4.69, 9.17) is 4.74 Å². The fraction of sp³-hybridized carbons (Fsp3) is 0.692. The lowest BCUT2D eigenvalue weighted by Crippen LogP contribution is -2.40. The molecule has 1 saturated heterocycles. The normalized spacial score (nSPS) is 23.6. The monoisotopic (exact) mass is 318 g/mol. The standard InChI is InChI=1S/C13H22N2O3S2/c1-4-14-9-11-5-6-13(19-11)20(16,17)15(3)12-7-8-18-10(12)2/h5-6,10,12,14H,4,7-9H2,1-3H3. The third-order valence-corrected chi connectivity index (χ3v) is 7.06. The summed E-state index contributed by atoms with van der Waals surface area (Å²) in [7, 11) is -1.77. The van der Waals surface area contributed by atoms with Crippen LogP contribution in [0.5, 0.6) is 0 Å². The Labute approximate surface area is 125 Å². The van der Waals surface area contributed by atoms with Crippen molar-refractivity contribution in [3.8, 4) is 0 Å². The van der Waals surface area contributed by atoms with Gasteiger partial charge in [0.1, 0.15) is 4.21 Å². The zero-order valence-corrected chi connectivity index (χ0v) is 13.8. The molecule has 1 aliphatic rings. The molecule has 1 fully saturated rings. The number of rotatable bonds is 6. The van der Waals surface area contributed by atoms with Gasteiger partial charge in [-0.2, -0.15) is 4.31 Å². The zero-order chi connectivity index (χ0) is 14.8. The van der Waals surface area contributed by atoms with E-state index in [-0.39, 0.29) is 12.1 Å². The van der Waals surface area contributed by atoms with E-state index in [1.807, 2.05) is 19.9 Å². The van der Waals surface area contributed by atoms with Crippen molar-refractivity contribution in [2.24, 2.45) is 0 Å². The SMILES string of the molecule is CCNCc1ccc(S(=O)(=O)N(C)C2CCOC2C)s1. The molecule has 5 nitrogen and oxygen atoms in total. The van der Waals surface area contributed by atoms with Gasteiger partial charge in [-0.05, 0) is 32.0 Å². The number of hydrogen-bond donors (Lipinski definition) is 1. The van der Waals surface area contributed by atoms with E-state index in [1.165, 1.54) is 15.6 Å². The molecule has 2 atom stereocenters. The smallest absolute Gasteiger partial charge is 0.252 e. The molecule has 2 heterocycles. The first-order valence-corrected chi connectivity index (χ1v) is 9.11. The summed E-state index contributed by atoms with van der Waals surface area (Å²) in [4.78, 5) is 1.04. The molecule has 0 aliphatic carbocycles. The van der Waals surface area contributed by atoms with Gasteiger partial charge in [0.15, 0.2) is 0 Å². The number of likely N-dealkylation sites (N-methyl/N-ethyl adjacent to an activating group) is 1. The molecule has 2 unspecified atom stereocenters. The average molecular weight is 318 g/mol. The first kappa shape index (κ1) is 15.9. The molecule has 1 aliphatic heterocycles. The van der Waals surface area contributed by atoms with Gasteiger partial charge in [-0.1, -0.05) is 6.92 Å². The quantitative estimate of drug-likeness (QED) is 0.866. The second kappa shape index (κ2) is 6.53. The summed E-state index contributed by atoms with van der Waals surface area (Å²) >= 11 is 1.34. The lowest BCUT2D eigenvalue weighted by atomic mass is 10.2. The van der Waals surface area contributed by atoms with Gasteiger partial charge in [0.2, 0.25) is 0 Å². The van der Waals surface area contributed by atoms with E-state index >= 15 is 0 Å². The van der Waals surface area contributed by atoms with Crippen molar-refractivity contribution in [3.05, 3.63) is 17.0 Å².